The van der Waals surface area contributed by atoms with Crippen LogP contribution >= 0.6 is 0 Å². The molecule has 3 heteroatoms. The largest absolute Gasteiger partial charge is 0.353 e. The molecular formula is C9H17BN2. The molecule has 2 nitrogen and oxygen atoms in total. The number of hydrogen-bond acceptors (Lipinski definition) is 2. The summed E-state index contributed by atoms with van der Waals surface area (Å²) in [6.45, 7) is 3.43. The van der Waals surface area contributed by atoms with E-state index in [-0.39, 0.29) is 0 Å². The van der Waals surface area contributed by atoms with E-state index in [9.17, 15) is 0 Å². The molecule has 0 aromatic heterocycles. The summed E-state index contributed by atoms with van der Waals surface area (Å²) >= 11 is 0. The highest BCUT2D eigenvalue weighted by molar-refractivity contribution is 6.04. The van der Waals surface area contributed by atoms with Gasteiger partial charge in [-0.2, -0.15) is 0 Å². The third kappa shape index (κ3) is 1.29. The highest BCUT2D eigenvalue weighted by Crippen LogP contribution is 2.36. The third-order valence-corrected chi connectivity index (χ3v) is 3.67. The van der Waals surface area contributed by atoms with Gasteiger partial charge in [-0.25, -0.2) is 0 Å². The summed E-state index contributed by atoms with van der Waals surface area (Å²) in [6, 6.07) is 0. The van der Waals surface area contributed by atoms with Crippen molar-refractivity contribution in [2.45, 2.75) is 31.2 Å². The quantitative estimate of drug-likeness (QED) is 0.484. The lowest BCUT2D eigenvalue weighted by Crippen LogP contribution is -2.49. The number of likely N-dealkylation sites (tertiary alicyclic amines) is 1. The van der Waals surface area contributed by atoms with Gasteiger partial charge < -0.3 is 9.71 Å². The minimum atomic E-state index is 0.524. The van der Waals surface area contributed by atoms with Gasteiger partial charge in [-0.15, -0.1) is 0 Å². The Hall–Kier alpha value is -0.0151. The lowest BCUT2D eigenvalue weighted by Gasteiger charge is -2.43. The van der Waals surface area contributed by atoms with Crippen molar-refractivity contribution in [2.24, 2.45) is 0 Å². The number of rotatable bonds is 0. The molecule has 2 rings (SSSR count). The fraction of sp³-hybridized carbons (Fsp3) is 1.00. The topological polar surface area (TPSA) is 6.48 Å². The summed E-state index contributed by atoms with van der Waals surface area (Å²) in [6.07, 6.45) is 5.29. The summed E-state index contributed by atoms with van der Waals surface area (Å²) in [5.41, 5.74) is 0.524. The van der Waals surface area contributed by atoms with Gasteiger partial charge in [-0.3, -0.25) is 0 Å². The van der Waals surface area contributed by atoms with Gasteiger partial charge in [0.1, 0.15) is 0 Å². The van der Waals surface area contributed by atoms with Crippen LogP contribution in [0.25, 0.3) is 0 Å². The minimum absolute atomic E-state index is 0.524. The predicted molar refractivity (Wildman–Crippen MR) is 51.2 cm³/mol. The Bertz CT molecular complexity index is 164. The smallest absolute Gasteiger partial charge is 0.182 e. The maximum absolute atomic E-state index is 5.75. The van der Waals surface area contributed by atoms with Gasteiger partial charge in [-0.1, -0.05) is 0 Å². The van der Waals surface area contributed by atoms with E-state index in [1.54, 1.807) is 0 Å². The van der Waals surface area contributed by atoms with Gasteiger partial charge >= 0.3 is 0 Å². The fourth-order valence-electron chi connectivity index (χ4n) is 2.65. The van der Waals surface area contributed by atoms with Crippen molar-refractivity contribution in [3.63, 3.8) is 0 Å². The molecule has 0 aliphatic carbocycles. The van der Waals surface area contributed by atoms with Crippen LogP contribution in [0.2, 0.25) is 0 Å². The van der Waals surface area contributed by atoms with E-state index in [4.69, 9.17) is 7.98 Å². The second-order valence-corrected chi connectivity index (χ2v) is 4.29. The first-order valence-corrected chi connectivity index (χ1v) is 4.94. The van der Waals surface area contributed by atoms with Crippen molar-refractivity contribution < 1.29 is 0 Å². The lowest BCUT2D eigenvalue weighted by molar-refractivity contribution is 0.103. The van der Waals surface area contributed by atoms with Crippen molar-refractivity contribution >= 4 is 7.98 Å². The Morgan fingerprint density at radius 1 is 1.08 bits per heavy atom. The van der Waals surface area contributed by atoms with E-state index in [0.717, 1.165) is 13.1 Å². The van der Waals surface area contributed by atoms with E-state index < -0.39 is 0 Å². The van der Waals surface area contributed by atoms with Crippen molar-refractivity contribution in [2.75, 3.05) is 26.7 Å². The Balaban J connectivity index is 2.02. The van der Waals surface area contributed by atoms with E-state index in [2.05, 4.69) is 11.9 Å². The van der Waals surface area contributed by atoms with Crippen molar-refractivity contribution in [1.82, 2.24) is 9.71 Å². The average molecular weight is 164 g/mol. The van der Waals surface area contributed by atoms with E-state index in [0.29, 0.717) is 5.54 Å². The van der Waals surface area contributed by atoms with Crippen LogP contribution in [-0.4, -0.2) is 49.9 Å². The Labute approximate surface area is 76.3 Å². The molecule has 0 unspecified atom stereocenters. The average Bonchev–Trinajstić information content (AvgIpc) is 2.41. The van der Waals surface area contributed by atoms with Crippen LogP contribution in [0.5, 0.6) is 0 Å². The number of hydrogen-bond donors (Lipinski definition) is 0. The fourth-order valence-corrected chi connectivity index (χ4v) is 2.65. The molecule has 12 heavy (non-hydrogen) atoms. The maximum atomic E-state index is 5.75. The molecular weight excluding hydrogens is 147 g/mol. The zero-order chi connectivity index (χ0) is 8.60. The van der Waals surface area contributed by atoms with Gasteiger partial charge in [0.2, 0.25) is 0 Å². The van der Waals surface area contributed by atoms with Crippen molar-refractivity contribution in [1.29, 1.82) is 0 Å². The van der Waals surface area contributed by atoms with E-state index in [1.165, 1.54) is 32.2 Å². The molecule has 0 saturated carbocycles. The summed E-state index contributed by atoms with van der Waals surface area (Å²) < 4.78 is 0. The summed E-state index contributed by atoms with van der Waals surface area (Å²) in [5, 5.41) is 0. The van der Waals surface area contributed by atoms with Gasteiger partial charge in [0.05, 0.1) is 0 Å². The SMILES string of the molecule is [B]N1CCC2(CCCN2C)CC1. The van der Waals surface area contributed by atoms with Gasteiger partial charge in [0, 0.05) is 5.54 Å². The maximum Gasteiger partial charge on any atom is 0.182 e. The molecule has 0 aromatic rings. The van der Waals surface area contributed by atoms with Crippen LogP contribution in [0.4, 0.5) is 0 Å². The first-order chi connectivity index (χ1) is 5.73. The Morgan fingerprint density at radius 3 is 2.25 bits per heavy atom. The van der Waals surface area contributed by atoms with Crippen LogP contribution in [0.3, 0.4) is 0 Å². The molecule has 2 heterocycles. The van der Waals surface area contributed by atoms with Gasteiger partial charge in [0.25, 0.3) is 0 Å². The minimum Gasteiger partial charge on any atom is -0.353 e. The molecule has 0 N–H and O–H groups in total. The molecule has 66 valence electrons. The molecule has 2 radical (unpaired) electrons. The summed E-state index contributed by atoms with van der Waals surface area (Å²) in [5.74, 6) is 0. The number of piperidine rings is 1. The molecule has 2 aliphatic heterocycles. The van der Waals surface area contributed by atoms with Crippen molar-refractivity contribution in [3.8, 4) is 0 Å². The number of nitrogens with zero attached hydrogens (tertiary/aromatic N) is 2. The Kier molecular flexibility index (Phi) is 2.17. The normalized spacial score (nSPS) is 31.4. The second-order valence-electron chi connectivity index (χ2n) is 4.29. The van der Waals surface area contributed by atoms with E-state index >= 15 is 0 Å². The van der Waals surface area contributed by atoms with Gasteiger partial charge in [0.15, 0.2) is 7.98 Å². The third-order valence-electron chi connectivity index (χ3n) is 3.67. The lowest BCUT2D eigenvalue weighted by atomic mass is 9.84. The van der Waals surface area contributed by atoms with Crippen LogP contribution in [0.1, 0.15) is 25.7 Å². The monoisotopic (exact) mass is 164 g/mol. The van der Waals surface area contributed by atoms with Crippen LogP contribution < -0.4 is 0 Å². The summed E-state index contributed by atoms with van der Waals surface area (Å²) in [4.78, 5) is 4.50. The first-order valence-electron chi connectivity index (χ1n) is 4.94. The van der Waals surface area contributed by atoms with Crippen molar-refractivity contribution in [3.05, 3.63) is 0 Å². The molecule has 2 fully saturated rings. The second kappa shape index (κ2) is 3.04. The Morgan fingerprint density at radius 2 is 1.75 bits per heavy atom. The molecule has 2 aliphatic rings. The zero-order valence-electron chi connectivity index (χ0n) is 7.92. The molecule has 0 amide bonds. The molecule has 0 aromatic carbocycles. The zero-order valence-corrected chi connectivity index (χ0v) is 7.92. The standard InChI is InChI=1S/C9H17BN2/c1-11-6-2-3-9(11)4-7-12(10)8-5-9/h2-8H2,1H3. The summed E-state index contributed by atoms with van der Waals surface area (Å²) in [7, 11) is 8.01. The van der Waals surface area contributed by atoms with Crippen LogP contribution in [-0.2, 0) is 0 Å². The molecule has 1 spiro atoms. The molecule has 0 atom stereocenters. The van der Waals surface area contributed by atoms with Crippen LogP contribution in [0, 0.1) is 0 Å². The molecule has 2 saturated heterocycles. The predicted octanol–water partition coefficient (Wildman–Crippen LogP) is 0.630. The van der Waals surface area contributed by atoms with Gasteiger partial charge in [-0.05, 0) is 52.4 Å². The van der Waals surface area contributed by atoms with Crippen LogP contribution in [0.15, 0.2) is 0 Å². The highest BCUT2D eigenvalue weighted by Gasteiger charge is 2.39. The molecule has 0 bridgehead atoms. The first kappa shape index (κ1) is 8.58. The highest BCUT2D eigenvalue weighted by atomic mass is 15.2. The van der Waals surface area contributed by atoms with E-state index in [1.807, 2.05) is 4.81 Å².